The van der Waals surface area contributed by atoms with Gasteiger partial charge >= 0.3 is 5.97 Å². The minimum atomic E-state index is -0.439. The van der Waals surface area contributed by atoms with Crippen molar-refractivity contribution in [3.8, 4) is 11.3 Å². The van der Waals surface area contributed by atoms with Gasteiger partial charge in [-0.3, -0.25) is 4.98 Å². The van der Waals surface area contributed by atoms with Crippen LogP contribution in [-0.2, 0) is 4.74 Å². The van der Waals surface area contributed by atoms with Gasteiger partial charge in [-0.25, -0.2) is 9.78 Å². The predicted molar refractivity (Wildman–Crippen MR) is 53.2 cm³/mol. The second-order valence-corrected chi connectivity index (χ2v) is 2.86. The van der Waals surface area contributed by atoms with E-state index >= 15 is 0 Å². The maximum absolute atomic E-state index is 11.4. The highest BCUT2D eigenvalue weighted by molar-refractivity contribution is 5.93. The third kappa shape index (κ3) is 1.71. The van der Waals surface area contributed by atoms with Crippen LogP contribution in [0.3, 0.4) is 0 Å². The molecule has 0 bridgehead atoms. The lowest BCUT2D eigenvalue weighted by molar-refractivity contribution is 0.0595. The van der Waals surface area contributed by atoms with Crippen molar-refractivity contribution >= 4 is 5.97 Å². The number of aromatic nitrogens is 3. The van der Waals surface area contributed by atoms with E-state index in [1.54, 1.807) is 18.5 Å². The predicted octanol–water partition coefficient (Wildman–Crippen LogP) is 1.26. The molecule has 2 rings (SSSR count). The second kappa shape index (κ2) is 3.91. The van der Waals surface area contributed by atoms with Crippen molar-refractivity contribution in [3.63, 3.8) is 0 Å². The van der Waals surface area contributed by atoms with Gasteiger partial charge in [0.25, 0.3) is 0 Å². The molecule has 0 fully saturated rings. The topological polar surface area (TPSA) is 67.9 Å². The zero-order chi connectivity index (χ0) is 10.7. The fourth-order valence-electron chi connectivity index (χ4n) is 1.27. The molecule has 0 aromatic carbocycles. The minimum Gasteiger partial charge on any atom is -0.464 e. The van der Waals surface area contributed by atoms with E-state index in [1.165, 1.54) is 13.4 Å². The Kier molecular flexibility index (Phi) is 2.45. The van der Waals surface area contributed by atoms with E-state index in [4.69, 9.17) is 0 Å². The van der Waals surface area contributed by atoms with E-state index in [2.05, 4.69) is 19.7 Å². The van der Waals surface area contributed by atoms with Crippen molar-refractivity contribution in [2.45, 2.75) is 0 Å². The fourth-order valence-corrected chi connectivity index (χ4v) is 1.27. The molecule has 2 aromatic heterocycles. The molecule has 2 heterocycles. The summed E-state index contributed by atoms with van der Waals surface area (Å²) >= 11 is 0. The molecule has 0 spiro atoms. The standard InChI is InChI=1S/C10H9N3O2/c1-15-10(14)9-8(12-6-13-9)7-3-2-4-11-5-7/h2-6H,1H3,(H,12,13). The van der Waals surface area contributed by atoms with Crippen molar-refractivity contribution in [3.05, 3.63) is 36.5 Å². The third-order valence-corrected chi connectivity index (χ3v) is 1.96. The summed E-state index contributed by atoms with van der Waals surface area (Å²) in [6.45, 7) is 0. The van der Waals surface area contributed by atoms with E-state index in [0.717, 1.165) is 5.56 Å². The molecule has 0 amide bonds. The molecule has 0 saturated heterocycles. The van der Waals surface area contributed by atoms with Crippen molar-refractivity contribution < 1.29 is 9.53 Å². The number of nitrogens with one attached hydrogen (secondary N) is 1. The zero-order valence-corrected chi connectivity index (χ0v) is 8.10. The van der Waals surface area contributed by atoms with Crippen LogP contribution >= 0.6 is 0 Å². The van der Waals surface area contributed by atoms with E-state index in [0.29, 0.717) is 11.4 Å². The van der Waals surface area contributed by atoms with Crippen LogP contribution in [0.2, 0.25) is 0 Å². The summed E-state index contributed by atoms with van der Waals surface area (Å²) in [6, 6.07) is 3.61. The van der Waals surface area contributed by atoms with Crippen LogP contribution in [-0.4, -0.2) is 28.0 Å². The van der Waals surface area contributed by atoms with Gasteiger partial charge < -0.3 is 9.72 Å². The molecule has 76 valence electrons. The molecule has 5 heteroatoms. The van der Waals surface area contributed by atoms with Crippen LogP contribution in [0.4, 0.5) is 0 Å². The van der Waals surface area contributed by atoms with E-state index < -0.39 is 5.97 Å². The third-order valence-electron chi connectivity index (χ3n) is 1.96. The highest BCUT2D eigenvalue weighted by Gasteiger charge is 2.15. The minimum absolute atomic E-state index is 0.338. The first-order valence-electron chi connectivity index (χ1n) is 4.35. The van der Waals surface area contributed by atoms with Crippen LogP contribution in [0.25, 0.3) is 11.3 Å². The maximum atomic E-state index is 11.4. The summed E-state index contributed by atoms with van der Waals surface area (Å²) in [5.74, 6) is -0.439. The number of pyridine rings is 1. The summed E-state index contributed by atoms with van der Waals surface area (Å²) < 4.78 is 4.63. The first kappa shape index (κ1) is 9.39. The van der Waals surface area contributed by atoms with E-state index in [-0.39, 0.29) is 0 Å². The fraction of sp³-hybridized carbons (Fsp3) is 0.100. The van der Waals surface area contributed by atoms with Gasteiger partial charge in [0.05, 0.1) is 13.4 Å². The Labute approximate surface area is 86.1 Å². The molecular weight excluding hydrogens is 194 g/mol. The van der Waals surface area contributed by atoms with Gasteiger partial charge in [0.2, 0.25) is 0 Å². The molecule has 0 aliphatic rings. The van der Waals surface area contributed by atoms with Crippen LogP contribution in [0.15, 0.2) is 30.9 Å². The van der Waals surface area contributed by atoms with Crippen molar-refractivity contribution in [2.75, 3.05) is 7.11 Å². The highest BCUT2D eigenvalue weighted by Crippen LogP contribution is 2.19. The zero-order valence-electron chi connectivity index (χ0n) is 8.10. The molecule has 5 nitrogen and oxygen atoms in total. The molecule has 0 unspecified atom stereocenters. The number of imidazole rings is 1. The number of nitrogens with zero attached hydrogens (tertiary/aromatic N) is 2. The number of methoxy groups -OCH3 is 1. The van der Waals surface area contributed by atoms with Gasteiger partial charge in [-0.1, -0.05) is 0 Å². The van der Waals surface area contributed by atoms with Gasteiger partial charge in [0.1, 0.15) is 5.69 Å². The molecule has 0 aliphatic heterocycles. The van der Waals surface area contributed by atoms with Crippen molar-refractivity contribution in [2.24, 2.45) is 0 Å². The average Bonchev–Trinajstić information content (AvgIpc) is 2.78. The smallest absolute Gasteiger partial charge is 0.356 e. The lowest BCUT2D eigenvalue weighted by Gasteiger charge is -1.99. The lowest BCUT2D eigenvalue weighted by atomic mass is 10.2. The Balaban J connectivity index is 2.46. The Bertz CT molecular complexity index is 465. The molecule has 1 N–H and O–H groups in total. The van der Waals surface area contributed by atoms with Crippen LogP contribution < -0.4 is 0 Å². The normalized spacial score (nSPS) is 9.93. The molecule has 0 radical (unpaired) electrons. The van der Waals surface area contributed by atoms with Gasteiger partial charge in [-0.05, 0) is 12.1 Å². The first-order valence-corrected chi connectivity index (χ1v) is 4.35. The van der Waals surface area contributed by atoms with Crippen LogP contribution in [0, 0.1) is 0 Å². The van der Waals surface area contributed by atoms with Crippen molar-refractivity contribution in [1.29, 1.82) is 0 Å². The summed E-state index contributed by atoms with van der Waals surface area (Å²) in [6.07, 6.45) is 4.76. The number of carbonyl (C=O) groups is 1. The molecular formula is C10H9N3O2. The van der Waals surface area contributed by atoms with Gasteiger partial charge in [0.15, 0.2) is 5.69 Å². The summed E-state index contributed by atoms with van der Waals surface area (Å²) in [5, 5.41) is 0. The SMILES string of the molecule is COC(=O)c1[nH]cnc1-c1cccnc1. The Morgan fingerprint density at radius 2 is 2.40 bits per heavy atom. The first-order chi connectivity index (χ1) is 7.33. The number of hydrogen-bond donors (Lipinski definition) is 1. The van der Waals surface area contributed by atoms with Crippen molar-refractivity contribution in [1.82, 2.24) is 15.0 Å². The molecule has 0 atom stereocenters. The summed E-state index contributed by atoms with van der Waals surface area (Å²) in [4.78, 5) is 22.1. The molecule has 15 heavy (non-hydrogen) atoms. The Morgan fingerprint density at radius 1 is 1.53 bits per heavy atom. The second-order valence-electron chi connectivity index (χ2n) is 2.86. The molecule has 2 aromatic rings. The average molecular weight is 203 g/mol. The quantitative estimate of drug-likeness (QED) is 0.746. The Morgan fingerprint density at radius 3 is 3.07 bits per heavy atom. The maximum Gasteiger partial charge on any atom is 0.356 e. The number of rotatable bonds is 2. The summed E-state index contributed by atoms with van der Waals surface area (Å²) in [5.41, 5.74) is 1.67. The number of aromatic amines is 1. The lowest BCUT2D eigenvalue weighted by Crippen LogP contribution is -2.03. The highest BCUT2D eigenvalue weighted by atomic mass is 16.5. The van der Waals surface area contributed by atoms with Gasteiger partial charge in [-0.2, -0.15) is 0 Å². The Hall–Kier alpha value is -2.17. The van der Waals surface area contributed by atoms with E-state index in [1.807, 2.05) is 6.07 Å². The van der Waals surface area contributed by atoms with Crippen LogP contribution in [0.1, 0.15) is 10.5 Å². The number of H-pyrrole nitrogens is 1. The molecule has 0 saturated carbocycles. The summed E-state index contributed by atoms with van der Waals surface area (Å²) in [7, 11) is 1.33. The number of hydrogen-bond acceptors (Lipinski definition) is 4. The molecule has 0 aliphatic carbocycles. The monoisotopic (exact) mass is 203 g/mol. The van der Waals surface area contributed by atoms with E-state index in [9.17, 15) is 4.79 Å². The number of esters is 1. The van der Waals surface area contributed by atoms with Gasteiger partial charge in [-0.15, -0.1) is 0 Å². The van der Waals surface area contributed by atoms with Gasteiger partial charge in [0, 0.05) is 18.0 Å². The largest absolute Gasteiger partial charge is 0.464 e. The number of carbonyl (C=O) groups excluding carboxylic acids is 1. The number of ether oxygens (including phenoxy) is 1. The van der Waals surface area contributed by atoms with Crippen LogP contribution in [0.5, 0.6) is 0 Å².